The molecule has 0 aliphatic carbocycles. The highest BCUT2D eigenvalue weighted by atomic mass is 16.5. The van der Waals surface area contributed by atoms with E-state index in [4.69, 9.17) is 4.74 Å². The molecule has 0 atom stereocenters. The minimum absolute atomic E-state index is 0.188. The molecule has 16 heavy (non-hydrogen) atoms. The van der Waals surface area contributed by atoms with E-state index in [1.54, 1.807) is 0 Å². The summed E-state index contributed by atoms with van der Waals surface area (Å²) in [4.78, 5) is 22.6. The van der Waals surface area contributed by atoms with E-state index in [1.165, 1.54) is 36.9 Å². The van der Waals surface area contributed by atoms with E-state index in [1.807, 2.05) is 0 Å². The maximum absolute atomic E-state index is 11.3. The molecule has 1 N–H and O–H groups in total. The van der Waals surface area contributed by atoms with Gasteiger partial charge in [-0.3, -0.25) is 9.89 Å². The van der Waals surface area contributed by atoms with Gasteiger partial charge in [-0.25, -0.2) is 9.31 Å². The highest BCUT2D eigenvalue weighted by molar-refractivity contribution is 5.88. The van der Waals surface area contributed by atoms with Crippen LogP contribution in [0.3, 0.4) is 0 Å². The first-order valence-corrected chi connectivity index (χ1v) is 4.54. The van der Waals surface area contributed by atoms with Crippen LogP contribution in [0, 0.1) is 0 Å². The van der Waals surface area contributed by atoms with Gasteiger partial charge in [0.15, 0.2) is 5.43 Å². The molecule has 0 radical (unpaired) electrons. The Hall–Kier alpha value is -2.24. The Labute approximate surface area is 90.4 Å². The number of nitrogens with zero attached hydrogens (tertiary/aromatic N) is 1. The molecule has 2 heterocycles. The molecule has 2 rings (SSSR count). The van der Waals surface area contributed by atoms with Gasteiger partial charge in [0.1, 0.15) is 5.69 Å². The number of nitrogens with one attached hydrogen (secondary N) is 1. The van der Waals surface area contributed by atoms with Gasteiger partial charge in [0.2, 0.25) is 5.88 Å². The quantitative estimate of drug-likeness (QED) is 0.747. The SMILES string of the molecule is COC(=O)c1cc2cc(=O)cc(OC)n2[nH]1. The molecule has 0 aliphatic heterocycles. The standard InChI is InChI=1S/C10H10N2O4/c1-15-9-5-7(13)3-6-4-8(10(14)16-2)11-12(6)9/h3-5,11H,1-2H3. The second-order valence-corrected chi connectivity index (χ2v) is 3.16. The summed E-state index contributed by atoms with van der Waals surface area (Å²) in [7, 11) is 2.73. The first-order valence-electron chi connectivity index (χ1n) is 4.54. The largest absolute Gasteiger partial charge is 0.481 e. The third-order valence-corrected chi connectivity index (χ3v) is 2.17. The molecule has 0 amide bonds. The molecule has 0 saturated heterocycles. The van der Waals surface area contributed by atoms with Crippen molar-refractivity contribution >= 4 is 11.5 Å². The third kappa shape index (κ3) is 1.54. The lowest BCUT2D eigenvalue weighted by atomic mass is 10.3. The topological polar surface area (TPSA) is 72.8 Å². The van der Waals surface area contributed by atoms with E-state index in [-0.39, 0.29) is 11.1 Å². The van der Waals surface area contributed by atoms with E-state index in [0.29, 0.717) is 11.4 Å². The highest BCUT2D eigenvalue weighted by Crippen LogP contribution is 2.13. The summed E-state index contributed by atoms with van der Waals surface area (Å²) >= 11 is 0. The Morgan fingerprint density at radius 1 is 1.31 bits per heavy atom. The second-order valence-electron chi connectivity index (χ2n) is 3.16. The monoisotopic (exact) mass is 222 g/mol. The summed E-state index contributed by atoms with van der Waals surface area (Å²) in [6.07, 6.45) is 0. The fourth-order valence-electron chi connectivity index (χ4n) is 1.46. The lowest BCUT2D eigenvalue weighted by molar-refractivity contribution is 0.0593. The van der Waals surface area contributed by atoms with Gasteiger partial charge in [0, 0.05) is 12.1 Å². The number of aromatic amines is 1. The molecular weight excluding hydrogens is 212 g/mol. The summed E-state index contributed by atoms with van der Waals surface area (Å²) in [5.74, 6) is -0.171. The molecule has 6 heteroatoms. The van der Waals surface area contributed by atoms with E-state index >= 15 is 0 Å². The Morgan fingerprint density at radius 2 is 2.06 bits per heavy atom. The van der Waals surface area contributed by atoms with Crippen molar-refractivity contribution in [1.29, 1.82) is 0 Å². The smallest absolute Gasteiger partial charge is 0.356 e. The molecule has 0 aliphatic rings. The number of aromatic nitrogens is 2. The number of esters is 1. The molecule has 0 unspecified atom stereocenters. The van der Waals surface area contributed by atoms with Crippen LogP contribution in [0.2, 0.25) is 0 Å². The lowest BCUT2D eigenvalue weighted by Gasteiger charge is -2.02. The summed E-state index contributed by atoms with van der Waals surface area (Å²) in [5, 5.41) is 2.77. The number of ether oxygens (including phenoxy) is 2. The predicted molar refractivity (Wildman–Crippen MR) is 55.9 cm³/mol. The lowest BCUT2D eigenvalue weighted by Crippen LogP contribution is -2.05. The van der Waals surface area contributed by atoms with Gasteiger partial charge < -0.3 is 9.47 Å². The maximum atomic E-state index is 11.3. The zero-order chi connectivity index (χ0) is 11.7. The van der Waals surface area contributed by atoms with Crippen LogP contribution in [0.5, 0.6) is 5.88 Å². The van der Waals surface area contributed by atoms with Gasteiger partial charge in [0.25, 0.3) is 0 Å². The van der Waals surface area contributed by atoms with Gasteiger partial charge in [-0.1, -0.05) is 0 Å². The molecule has 6 nitrogen and oxygen atoms in total. The molecule has 2 aromatic rings. The van der Waals surface area contributed by atoms with E-state index < -0.39 is 5.97 Å². The van der Waals surface area contributed by atoms with Crippen LogP contribution >= 0.6 is 0 Å². The van der Waals surface area contributed by atoms with Gasteiger partial charge in [-0.2, -0.15) is 0 Å². The van der Waals surface area contributed by atoms with Crippen molar-refractivity contribution < 1.29 is 14.3 Å². The minimum Gasteiger partial charge on any atom is -0.481 e. The highest BCUT2D eigenvalue weighted by Gasteiger charge is 2.11. The normalized spacial score (nSPS) is 10.4. The number of hydrogen-bond acceptors (Lipinski definition) is 4. The number of H-pyrrole nitrogens is 1. The predicted octanol–water partition coefficient (Wildman–Crippen LogP) is 0.423. The molecule has 0 spiro atoms. The summed E-state index contributed by atoms with van der Waals surface area (Å²) in [6, 6.07) is 4.24. The maximum Gasteiger partial charge on any atom is 0.356 e. The third-order valence-electron chi connectivity index (χ3n) is 2.17. The summed E-state index contributed by atoms with van der Waals surface area (Å²) < 4.78 is 11.1. The molecule has 0 bridgehead atoms. The van der Waals surface area contributed by atoms with Crippen LogP contribution in [0.15, 0.2) is 23.0 Å². The number of carbonyl (C=O) groups excluding carboxylic acids is 1. The first-order chi connectivity index (χ1) is 7.65. The number of hydrogen-bond donors (Lipinski definition) is 1. The molecular formula is C10H10N2O4. The van der Waals surface area contributed by atoms with Crippen LogP contribution < -0.4 is 10.2 Å². The van der Waals surface area contributed by atoms with Crippen LogP contribution in [0.1, 0.15) is 10.5 Å². The fourth-order valence-corrected chi connectivity index (χ4v) is 1.46. The van der Waals surface area contributed by atoms with Gasteiger partial charge in [0.05, 0.1) is 19.7 Å². The van der Waals surface area contributed by atoms with E-state index in [0.717, 1.165) is 0 Å². The molecule has 0 fully saturated rings. The van der Waals surface area contributed by atoms with Crippen LogP contribution in [-0.2, 0) is 4.74 Å². The van der Waals surface area contributed by atoms with Crippen molar-refractivity contribution in [3.63, 3.8) is 0 Å². The van der Waals surface area contributed by atoms with Crippen molar-refractivity contribution in [1.82, 2.24) is 9.61 Å². The van der Waals surface area contributed by atoms with Crippen molar-refractivity contribution in [2.45, 2.75) is 0 Å². The number of pyridine rings is 1. The van der Waals surface area contributed by atoms with E-state index in [9.17, 15) is 9.59 Å². The molecule has 0 saturated carbocycles. The van der Waals surface area contributed by atoms with Crippen molar-refractivity contribution in [3.05, 3.63) is 34.1 Å². The summed E-state index contributed by atoms with van der Waals surface area (Å²) in [5.41, 5.74) is 0.614. The zero-order valence-electron chi connectivity index (χ0n) is 8.81. The van der Waals surface area contributed by atoms with Crippen molar-refractivity contribution in [2.24, 2.45) is 0 Å². The fraction of sp³-hybridized carbons (Fsp3) is 0.200. The minimum atomic E-state index is -0.502. The molecule has 0 aromatic carbocycles. The average Bonchev–Trinajstić information content (AvgIpc) is 2.70. The first kappa shape index (κ1) is 10.3. The van der Waals surface area contributed by atoms with Crippen LogP contribution in [0.4, 0.5) is 0 Å². The van der Waals surface area contributed by atoms with Crippen molar-refractivity contribution in [2.75, 3.05) is 14.2 Å². The van der Waals surface area contributed by atoms with Gasteiger partial charge in [-0.05, 0) is 6.07 Å². The second kappa shape index (κ2) is 3.73. The molecule has 2 aromatic heterocycles. The molecule has 84 valence electrons. The number of methoxy groups -OCH3 is 2. The Bertz CT molecular complexity index is 596. The number of fused-ring (bicyclic) bond motifs is 1. The Balaban J connectivity index is 2.69. The number of carbonyl (C=O) groups is 1. The summed E-state index contributed by atoms with van der Waals surface area (Å²) in [6.45, 7) is 0. The van der Waals surface area contributed by atoms with Crippen LogP contribution in [0.25, 0.3) is 5.52 Å². The Kier molecular flexibility index (Phi) is 2.40. The van der Waals surface area contributed by atoms with Gasteiger partial charge >= 0.3 is 5.97 Å². The Morgan fingerprint density at radius 3 is 2.69 bits per heavy atom. The van der Waals surface area contributed by atoms with Crippen LogP contribution in [-0.4, -0.2) is 29.8 Å². The van der Waals surface area contributed by atoms with E-state index in [2.05, 4.69) is 9.84 Å². The zero-order valence-corrected chi connectivity index (χ0v) is 8.81. The number of rotatable bonds is 2. The average molecular weight is 222 g/mol. The van der Waals surface area contributed by atoms with Crippen molar-refractivity contribution in [3.8, 4) is 5.88 Å². The van der Waals surface area contributed by atoms with Gasteiger partial charge in [-0.15, -0.1) is 0 Å².